The highest BCUT2D eigenvalue weighted by atomic mass is 16.3. The van der Waals surface area contributed by atoms with Crippen LogP contribution in [0.2, 0.25) is 0 Å². The zero-order valence-electron chi connectivity index (χ0n) is 9.48. The van der Waals surface area contributed by atoms with E-state index in [4.69, 9.17) is 5.73 Å². The summed E-state index contributed by atoms with van der Waals surface area (Å²) in [4.78, 5) is 2.31. The average molecular weight is 208 g/mol. The second-order valence-electron chi connectivity index (χ2n) is 3.56. The van der Waals surface area contributed by atoms with E-state index in [9.17, 15) is 5.11 Å². The molecule has 0 bridgehead atoms. The van der Waals surface area contributed by atoms with Crippen LogP contribution in [0.15, 0.2) is 24.3 Å². The van der Waals surface area contributed by atoms with Crippen LogP contribution in [0.1, 0.15) is 25.5 Å². The maximum Gasteiger partial charge on any atom is 0.115 e. The third kappa shape index (κ3) is 2.94. The Bertz CT molecular complexity index is 280. The molecule has 1 rings (SSSR count). The van der Waals surface area contributed by atoms with E-state index in [0.717, 1.165) is 13.1 Å². The topological polar surface area (TPSA) is 49.5 Å². The van der Waals surface area contributed by atoms with Crippen molar-refractivity contribution in [3.63, 3.8) is 0 Å². The standard InChI is InChI=1S/C12H20N2O/c1-3-14(4-2)12(9-13)10-5-7-11(15)8-6-10/h5-8,12,15H,3-4,9,13H2,1-2H3. The summed E-state index contributed by atoms with van der Waals surface area (Å²) in [6.45, 7) is 6.84. The monoisotopic (exact) mass is 208 g/mol. The molecule has 1 unspecified atom stereocenters. The van der Waals surface area contributed by atoms with E-state index in [0.29, 0.717) is 12.3 Å². The molecule has 0 radical (unpaired) electrons. The Hall–Kier alpha value is -1.06. The van der Waals surface area contributed by atoms with Crippen LogP contribution in [0, 0.1) is 0 Å². The SMILES string of the molecule is CCN(CC)C(CN)c1ccc(O)cc1. The van der Waals surface area contributed by atoms with E-state index in [2.05, 4.69) is 18.7 Å². The van der Waals surface area contributed by atoms with Crippen LogP contribution in [0.5, 0.6) is 5.75 Å². The van der Waals surface area contributed by atoms with Gasteiger partial charge >= 0.3 is 0 Å². The lowest BCUT2D eigenvalue weighted by atomic mass is 10.1. The third-order valence-electron chi connectivity index (χ3n) is 2.75. The van der Waals surface area contributed by atoms with Crippen molar-refractivity contribution in [2.75, 3.05) is 19.6 Å². The van der Waals surface area contributed by atoms with Gasteiger partial charge in [-0.3, -0.25) is 4.90 Å². The lowest BCUT2D eigenvalue weighted by Gasteiger charge is -2.28. The smallest absolute Gasteiger partial charge is 0.115 e. The molecule has 1 aromatic rings. The molecule has 3 heteroatoms. The van der Waals surface area contributed by atoms with Gasteiger partial charge in [0.15, 0.2) is 0 Å². The zero-order valence-corrected chi connectivity index (χ0v) is 9.48. The molecule has 15 heavy (non-hydrogen) atoms. The van der Waals surface area contributed by atoms with Crippen molar-refractivity contribution in [3.8, 4) is 5.75 Å². The van der Waals surface area contributed by atoms with Crippen LogP contribution in [-0.4, -0.2) is 29.6 Å². The molecule has 0 saturated carbocycles. The van der Waals surface area contributed by atoms with Crippen LogP contribution < -0.4 is 5.73 Å². The van der Waals surface area contributed by atoms with Crippen LogP contribution >= 0.6 is 0 Å². The summed E-state index contributed by atoms with van der Waals surface area (Å²) >= 11 is 0. The Kier molecular flexibility index (Phi) is 4.59. The molecule has 0 spiro atoms. The van der Waals surface area contributed by atoms with Crippen LogP contribution in [-0.2, 0) is 0 Å². The van der Waals surface area contributed by atoms with Crippen molar-refractivity contribution in [1.82, 2.24) is 4.90 Å². The minimum atomic E-state index is 0.251. The van der Waals surface area contributed by atoms with Crippen LogP contribution in [0.25, 0.3) is 0 Å². The van der Waals surface area contributed by atoms with Gasteiger partial charge in [0, 0.05) is 12.6 Å². The summed E-state index contributed by atoms with van der Waals surface area (Å²) < 4.78 is 0. The van der Waals surface area contributed by atoms with Crippen molar-refractivity contribution >= 4 is 0 Å². The molecule has 1 aromatic carbocycles. The maximum atomic E-state index is 9.22. The Morgan fingerprint density at radius 3 is 2.13 bits per heavy atom. The minimum absolute atomic E-state index is 0.251. The fraction of sp³-hybridized carbons (Fsp3) is 0.500. The predicted octanol–water partition coefficient (Wildman–Crippen LogP) is 1.73. The second kappa shape index (κ2) is 5.73. The minimum Gasteiger partial charge on any atom is -0.508 e. The largest absolute Gasteiger partial charge is 0.508 e. The Morgan fingerprint density at radius 2 is 1.73 bits per heavy atom. The number of nitrogens with zero attached hydrogens (tertiary/aromatic N) is 1. The second-order valence-corrected chi connectivity index (χ2v) is 3.56. The normalized spacial score (nSPS) is 13.1. The van der Waals surface area contributed by atoms with Gasteiger partial charge in [0.2, 0.25) is 0 Å². The molecular formula is C12H20N2O. The van der Waals surface area contributed by atoms with Gasteiger partial charge in [0.1, 0.15) is 5.75 Å². The molecule has 0 heterocycles. The summed E-state index contributed by atoms with van der Waals surface area (Å²) in [6.07, 6.45) is 0. The van der Waals surface area contributed by atoms with E-state index in [1.165, 1.54) is 5.56 Å². The van der Waals surface area contributed by atoms with E-state index < -0.39 is 0 Å². The molecule has 3 nitrogen and oxygen atoms in total. The number of benzene rings is 1. The van der Waals surface area contributed by atoms with Crippen molar-refractivity contribution in [2.45, 2.75) is 19.9 Å². The first-order valence-corrected chi connectivity index (χ1v) is 5.46. The van der Waals surface area contributed by atoms with E-state index >= 15 is 0 Å². The molecule has 0 aliphatic carbocycles. The molecule has 0 aliphatic rings. The van der Waals surface area contributed by atoms with Gasteiger partial charge in [-0.25, -0.2) is 0 Å². The fourth-order valence-electron chi connectivity index (χ4n) is 1.86. The number of likely N-dealkylation sites (N-methyl/N-ethyl adjacent to an activating group) is 1. The first-order valence-electron chi connectivity index (χ1n) is 5.46. The predicted molar refractivity (Wildman–Crippen MR) is 62.8 cm³/mol. The molecule has 0 aliphatic heterocycles. The number of nitrogens with two attached hydrogens (primary N) is 1. The maximum absolute atomic E-state index is 9.22. The Morgan fingerprint density at radius 1 is 1.20 bits per heavy atom. The highest BCUT2D eigenvalue weighted by molar-refractivity contribution is 5.28. The van der Waals surface area contributed by atoms with Crippen molar-refractivity contribution in [3.05, 3.63) is 29.8 Å². The van der Waals surface area contributed by atoms with E-state index in [1.54, 1.807) is 12.1 Å². The molecule has 0 saturated heterocycles. The number of rotatable bonds is 5. The summed E-state index contributed by atoms with van der Waals surface area (Å²) in [5.41, 5.74) is 6.96. The molecule has 0 aromatic heterocycles. The van der Waals surface area contributed by atoms with E-state index in [1.807, 2.05) is 12.1 Å². The molecule has 0 amide bonds. The zero-order chi connectivity index (χ0) is 11.3. The van der Waals surface area contributed by atoms with Gasteiger partial charge in [-0.05, 0) is 30.8 Å². The molecule has 3 N–H and O–H groups in total. The van der Waals surface area contributed by atoms with Crippen molar-refractivity contribution in [1.29, 1.82) is 0 Å². The summed E-state index contributed by atoms with van der Waals surface area (Å²) in [6, 6.07) is 7.54. The first-order chi connectivity index (χ1) is 7.22. The van der Waals surface area contributed by atoms with Gasteiger partial charge in [-0.15, -0.1) is 0 Å². The molecular weight excluding hydrogens is 188 g/mol. The first kappa shape index (κ1) is 12.0. The third-order valence-corrected chi connectivity index (χ3v) is 2.75. The Balaban J connectivity index is 2.86. The van der Waals surface area contributed by atoms with Crippen molar-refractivity contribution in [2.24, 2.45) is 5.73 Å². The van der Waals surface area contributed by atoms with Crippen molar-refractivity contribution < 1.29 is 5.11 Å². The fourth-order valence-corrected chi connectivity index (χ4v) is 1.86. The highest BCUT2D eigenvalue weighted by Gasteiger charge is 2.15. The molecule has 0 fully saturated rings. The Labute approximate surface area is 91.5 Å². The molecule has 84 valence electrons. The van der Waals surface area contributed by atoms with Gasteiger partial charge in [-0.1, -0.05) is 26.0 Å². The lowest BCUT2D eigenvalue weighted by molar-refractivity contribution is 0.224. The van der Waals surface area contributed by atoms with Gasteiger partial charge in [0.25, 0.3) is 0 Å². The number of phenolic OH excluding ortho intramolecular Hbond substituents is 1. The molecule has 1 atom stereocenters. The van der Waals surface area contributed by atoms with E-state index in [-0.39, 0.29) is 6.04 Å². The average Bonchev–Trinajstić information content (AvgIpc) is 2.27. The summed E-state index contributed by atoms with van der Waals surface area (Å²) in [5, 5.41) is 9.22. The summed E-state index contributed by atoms with van der Waals surface area (Å²) in [7, 11) is 0. The van der Waals surface area contributed by atoms with Gasteiger partial charge < -0.3 is 10.8 Å². The number of hydrogen-bond acceptors (Lipinski definition) is 3. The number of aromatic hydroxyl groups is 1. The summed E-state index contributed by atoms with van der Waals surface area (Å²) in [5.74, 6) is 0.300. The highest BCUT2D eigenvalue weighted by Crippen LogP contribution is 2.21. The van der Waals surface area contributed by atoms with Crippen LogP contribution in [0.3, 0.4) is 0 Å². The quantitative estimate of drug-likeness (QED) is 0.775. The number of hydrogen-bond donors (Lipinski definition) is 2. The van der Waals surface area contributed by atoms with Gasteiger partial charge in [0.05, 0.1) is 0 Å². The lowest BCUT2D eigenvalue weighted by Crippen LogP contribution is -2.33. The number of phenols is 1. The van der Waals surface area contributed by atoms with Gasteiger partial charge in [-0.2, -0.15) is 0 Å². The van der Waals surface area contributed by atoms with Crippen LogP contribution in [0.4, 0.5) is 0 Å².